The van der Waals surface area contributed by atoms with Crippen molar-refractivity contribution >= 4 is 0 Å². The van der Waals surface area contributed by atoms with Gasteiger partial charge in [-0.05, 0) is 60.1 Å². The normalized spacial score (nSPS) is 15.6. The van der Waals surface area contributed by atoms with Gasteiger partial charge < -0.3 is 4.74 Å². The minimum atomic E-state index is -0.881. The molecule has 0 saturated carbocycles. The number of hydrogen-bond donors (Lipinski definition) is 0. The highest BCUT2D eigenvalue weighted by Crippen LogP contribution is 2.33. The van der Waals surface area contributed by atoms with Crippen LogP contribution in [0.3, 0.4) is 0 Å². The highest BCUT2D eigenvalue weighted by Gasteiger charge is 2.17. The van der Waals surface area contributed by atoms with E-state index < -0.39 is 11.6 Å². The molecule has 1 nitrogen and oxygen atoms in total. The molecule has 0 fully saturated rings. The predicted molar refractivity (Wildman–Crippen MR) is 132 cm³/mol. The van der Waals surface area contributed by atoms with Crippen LogP contribution < -0.4 is 4.74 Å². The number of allylic oxidation sites excluding steroid dienone is 2. The van der Waals surface area contributed by atoms with E-state index in [1.807, 2.05) is 37.3 Å². The molecule has 1 aliphatic carbocycles. The zero-order valence-electron chi connectivity index (χ0n) is 19.6. The van der Waals surface area contributed by atoms with Gasteiger partial charge in [0.25, 0.3) is 0 Å². The Morgan fingerprint density at radius 3 is 1.91 bits per heavy atom. The van der Waals surface area contributed by atoms with E-state index in [2.05, 4.69) is 6.92 Å². The highest BCUT2D eigenvalue weighted by molar-refractivity contribution is 5.72. The topological polar surface area (TPSA) is 9.23 Å². The first kappa shape index (κ1) is 23.9. The molecule has 0 saturated heterocycles. The summed E-state index contributed by atoms with van der Waals surface area (Å²) in [6.07, 6.45) is 7.25. The fraction of sp³-hybridized carbons (Fsp3) is 0.267. The Bertz CT molecular complexity index is 1190. The third-order valence-corrected chi connectivity index (χ3v) is 6.33. The Kier molecular flexibility index (Phi) is 7.56. The maximum Gasteiger partial charge on any atom is 0.167 e. The summed E-state index contributed by atoms with van der Waals surface area (Å²) < 4.78 is 49.8. The van der Waals surface area contributed by atoms with Crippen molar-refractivity contribution in [1.29, 1.82) is 0 Å². The summed E-state index contributed by atoms with van der Waals surface area (Å²) in [4.78, 5) is 0. The molecule has 176 valence electrons. The van der Waals surface area contributed by atoms with Crippen molar-refractivity contribution in [3.05, 3.63) is 101 Å². The number of halogens is 3. The van der Waals surface area contributed by atoms with Crippen LogP contribution in [0.5, 0.6) is 5.75 Å². The van der Waals surface area contributed by atoms with E-state index in [-0.39, 0.29) is 29.5 Å². The molecule has 4 heteroatoms. The molecule has 1 atom stereocenters. The molecule has 0 N–H and O–H groups in total. The number of rotatable bonds is 8. The van der Waals surface area contributed by atoms with E-state index in [1.54, 1.807) is 42.5 Å². The molecule has 0 aromatic heterocycles. The smallest absolute Gasteiger partial charge is 0.167 e. The van der Waals surface area contributed by atoms with E-state index in [4.69, 9.17) is 4.74 Å². The lowest BCUT2D eigenvalue weighted by atomic mass is 9.94. The van der Waals surface area contributed by atoms with Gasteiger partial charge in [-0.2, -0.15) is 0 Å². The van der Waals surface area contributed by atoms with Crippen molar-refractivity contribution < 1.29 is 17.9 Å². The minimum Gasteiger partial charge on any atom is -0.489 e. The average Bonchev–Trinajstić information content (AvgIpc) is 2.86. The number of benzene rings is 3. The molecule has 34 heavy (non-hydrogen) atoms. The van der Waals surface area contributed by atoms with Gasteiger partial charge in [0.05, 0.1) is 0 Å². The lowest BCUT2D eigenvalue weighted by Crippen LogP contribution is -2.08. The van der Waals surface area contributed by atoms with Gasteiger partial charge in [-0.1, -0.05) is 74.9 Å². The number of ether oxygens (including phenoxy) is 1. The molecular weight excluding hydrogens is 433 g/mol. The molecule has 3 aromatic rings. The number of aryl methyl sites for hydroxylation is 1. The lowest BCUT2D eigenvalue weighted by Gasteiger charge is -2.17. The molecule has 0 bridgehead atoms. The van der Waals surface area contributed by atoms with E-state index >= 15 is 0 Å². The van der Waals surface area contributed by atoms with Crippen molar-refractivity contribution in [2.45, 2.75) is 39.5 Å². The summed E-state index contributed by atoms with van der Waals surface area (Å²) in [5, 5.41) is 0. The largest absolute Gasteiger partial charge is 0.489 e. The molecule has 0 heterocycles. The first-order chi connectivity index (χ1) is 16.5. The van der Waals surface area contributed by atoms with Crippen molar-refractivity contribution in [3.8, 4) is 28.0 Å². The van der Waals surface area contributed by atoms with Crippen molar-refractivity contribution in [2.24, 2.45) is 5.92 Å². The van der Waals surface area contributed by atoms with Gasteiger partial charge in [0, 0.05) is 16.7 Å². The summed E-state index contributed by atoms with van der Waals surface area (Å²) in [6.45, 7) is 4.28. The van der Waals surface area contributed by atoms with Crippen LogP contribution in [0.4, 0.5) is 13.2 Å². The van der Waals surface area contributed by atoms with Crippen LogP contribution in [0.1, 0.15) is 38.7 Å². The Morgan fingerprint density at radius 2 is 1.38 bits per heavy atom. The van der Waals surface area contributed by atoms with Gasteiger partial charge in [0.1, 0.15) is 18.2 Å². The standard InChI is InChI=1S/C30H29F3O/c1-3-5-21-7-9-22(10-8-21)26-16-17-27(30(33)29(26)32)23-12-14-25(15-13-23)34-19-24-11-6-20(4-2)18-28(24)31/h7-18,20H,3-6,19H2,1-2H3/t20-/m0/s1. The van der Waals surface area contributed by atoms with Crippen LogP contribution in [-0.2, 0) is 6.42 Å². The van der Waals surface area contributed by atoms with Gasteiger partial charge >= 0.3 is 0 Å². The molecular formula is C30H29F3O. The molecule has 0 amide bonds. The van der Waals surface area contributed by atoms with Crippen LogP contribution in [-0.4, -0.2) is 6.61 Å². The zero-order chi connectivity index (χ0) is 24.1. The number of hydrogen-bond acceptors (Lipinski definition) is 1. The van der Waals surface area contributed by atoms with Gasteiger partial charge in [-0.15, -0.1) is 0 Å². The van der Waals surface area contributed by atoms with Crippen molar-refractivity contribution in [3.63, 3.8) is 0 Å². The lowest BCUT2D eigenvalue weighted by molar-refractivity contribution is 0.345. The summed E-state index contributed by atoms with van der Waals surface area (Å²) in [5.74, 6) is -1.19. The minimum absolute atomic E-state index is 0.132. The SMILES string of the molecule is CCCc1ccc(-c2ccc(-c3ccc(OCC4=CC[C@H](CC)C=C4F)cc3)c(F)c2F)cc1. The van der Waals surface area contributed by atoms with Gasteiger partial charge in [-0.25, -0.2) is 13.2 Å². The average molecular weight is 463 g/mol. The van der Waals surface area contributed by atoms with E-state index in [1.165, 1.54) is 5.56 Å². The van der Waals surface area contributed by atoms with Gasteiger partial charge in [-0.3, -0.25) is 0 Å². The Balaban J connectivity index is 1.47. The molecule has 0 unspecified atom stereocenters. The van der Waals surface area contributed by atoms with Crippen molar-refractivity contribution in [2.75, 3.05) is 6.61 Å². The Hall–Kier alpha value is -3.27. The van der Waals surface area contributed by atoms with Crippen LogP contribution in [0.2, 0.25) is 0 Å². The highest BCUT2D eigenvalue weighted by atomic mass is 19.2. The Labute approximate surface area is 199 Å². The van der Waals surface area contributed by atoms with Crippen LogP contribution in [0, 0.1) is 17.6 Å². The van der Waals surface area contributed by atoms with Crippen molar-refractivity contribution in [1.82, 2.24) is 0 Å². The predicted octanol–water partition coefficient (Wildman–Crippen LogP) is 8.84. The van der Waals surface area contributed by atoms with Crippen LogP contribution >= 0.6 is 0 Å². The first-order valence-corrected chi connectivity index (χ1v) is 11.9. The summed E-state index contributed by atoms with van der Waals surface area (Å²) in [6, 6.07) is 17.5. The van der Waals surface area contributed by atoms with Gasteiger partial charge in [0.15, 0.2) is 11.6 Å². The van der Waals surface area contributed by atoms with E-state index in [0.717, 1.165) is 25.7 Å². The Morgan fingerprint density at radius 1 is 0.794 bits per heavy atom. The van der Waals surface area contributed by atoms with Gasteiger partial charge in [0.2, 0.25) is 0 Å². The van der Waals surface area contributed by atoms with E-state index in [0.29, 0.717) is 22.4 Å². The fourth-order valence-electron chi connectivity index (χ4n) is 4.21. The first-order valence-electron chi connectivity index (χ1n) is 11.9. The molecule has 1 aliphatic rings. The molecule has 0 radical (unpaired) electrons. The third-order valence-electron chi connectivity index (χ3n) is 6.33. The van der Waals surface area contributed by atoms with E-state index in [9.17, 15) is 13.2 Å². The summed E-state index contributed by atoms with van der Waals surface area (Å²) >= 11 is 0. The maximum atomic E-state index is 15.0. The van der Waals surface area contributed by atoms with Crippen LogP contribution in [0.15, 0.2) is 84.2 Å². The second-order valence-electron chi connectivity index (χ2n) is 8.70. The zero-order valence-corrected chi connectivity index (χ0v) is 19.6. The second kappa shape index (κ2) is 10.8. The van der Waals surface area contributed by atoms with Crippen LogP contribution in [0.25, 0.3) is 22.3 Å². The third kappa shape index (κ3) is 5.27. The molecule has 0 spiro atoms. The second-order valence-corrected chi connectivity index (χ2v) is 8.70. The fourth-order valence-corrected chi connectivity index (χ4v) is 4.21. The quantitative estimate of drug-likeness (QED) is 0.325. The molecule has 0 aliphatic heterocycles. The maximum absolute atomic E-state index is 15.0. The molecule has 3 aromatic carbocycles. The monoisotopic (exact) mass is 462 g/mol. The summed E-state index contributed by atoms with van der Waals surface area (Å²) in [7, 11) is 0. The molecule has 4 rings (SSSR count). The summed E-state index contributed by atoms with van der Waals surface area (Å²) in [5.41, 5.74) is 3.34.